The molecule has 0 saturated carbocycles. The number of carbonyl (C=O) groups is 1. The summed E-state index contributed by atoms with van der Waals surface area (Å²) in [5.74, 6) is 0.385. The first kappa shape index (κ1) is 21.2. The third-order valence-electron chi connectivity index (χ3n) is 5.71. The molecule has 1 amide bonds. The van der Waals surface area contributed by atoms with Crippen molar-refractivity contribution in [1.82, 2.24) is 9.55 Å². The maximum Gasteiger partial charge on any atom is 0.261 e. The van der Waals surface area contributed by atoms with Gasteiger partial charge in [0.1, 0.15) is 5.82 Å². The molecule has 2 heterocycles. The fourth-order valence-corrected chi connectivity index (χ4v) is 4.54. The summed E-state index contributed by atoms with van der Waals surface area (Å²) in [5.41, 5.74) is 1.98. The molecule has 0 saturated heterocycles. The van der Waals surface area contributed by atoms with Crippen molar-refractivity contribution in [3.8, 4) is 0 Å². The lowest BCUT2D eigenvalue weighted by Crippen LogP contribution is -2.26. The van der Waals surface area contributed by atoms with Crippen molar-refractivity contribution in [3.05, 3.63) is 63.7 Å². The van der Waals surface area contributed by atoms with Crippen LogP contribution in [0.4, 0.5) is 5.69 Å². The number of carbonyl (C=O) groups excluding carboxylic acids is 1. The van der Waals surface area contributed by atoms with E-state index in [4.69, 9.17) is 4.98 Å². The van der Waals surface area contributed by atoms with Crippen LogP contribution >= 0.6 is 0 Å². The van der Waals surface area contributed by atoms with Crippen LogP contribution in [0.5, 0.6) is 0 Å². The van der Waals surface area contributed by atoms with Crippen molar-refractivity contribution in [2.24, 2.45) is 0 Å². The van der Waals surface area contributed by atoms with Gasteiger partial charge in [-0.3, -0.25) is 14.2 Å². The minimum absolute atomic E-state index is 0.0643. The van der Waals surface area contributed by atoms with Crippen molar-refractivity contribution in [2.75, 3.05) is 11.6 Å². The fraction of sp³-hybridized carbons (Fsp3) is 0.348. The van der Waals surface area contributed by atoms with Gasteiger partial charge in [-0.25, -0.2) is 13.4 Å². The van der Waals surface area contributed by atoms with E-state index in [1.807, 2.05) is 0 Å². The van der Waals surface area contributed by atoms with Gasteiger partial charge in [0.05, 0.1) is 15.8 Å². The van der Waals surface area contributed by atoms with Crippen molar-refractivity contribution in [3.63, 3.8) is 0 Å². The van der Waals surface area contributed by atoms with E-state index >= 15 is 0 Å². The molecule has 0 radical (unpaired) electrons. The van der Waals surface area contributed by atoms with Gasteiger partial charge in [0.25, 0.3) is 11.5 Å². The molecule has 1 aliphatic rings. The summed E-state index contributed by atoms with van der Waals surface area (Å²) in [6.45, 7) is 2.47. The monoisotopic (exact) mass is 439 g/mol. The molecule has 1 aromatic heterocycles. The maximum atomic E-state index is 13.0. The number of nitrogens with zero attached hydrogens (tertiary/aromatic N) is 2. The average Bonchev–Trinajstić information content (AvgIpc) is 2.70. The molecule has 0 aliphatic carbocycles. The van der Waals surface area contributed by atoms with Crippen molar-refractivity contribution >= 4 is 32.3 Å². The zero-order valence-corrected chi connectivity index (χ0v) is 18.5. The summed E-state index contributed by atoms with van der Waals surface area (Å²) < 4.78 is 25.4. The number of sulfone groups is 1. The third-order valence-corrected chi connectivity index (χ3v) is 6.82. The highest BCUT2D eigenvalue weighted by Gasteiger charge is 2.16. The molecule has 162 valence electrons. The minimum Gasteiger partial charge on any atom is -0.322 e. The van der Waals surface area contributed by atoms with Gasteiger partial charge in [0, 0.05) is 30.5 Å². The molecule has 0 atom stereocenters. The molecule has 7 nitrogen and oxygen atoms in total. The standard InChI is InChI=1S/C23H25N3O4S/c1-15-8-10-17(31(2,29)30)14-19(15)25-22(27)16-9-11-18-20(13-16)24-21-7-5-3-4-6-12-26(21)23(18)28/h8-11,13-14H,3-7,12H2,1-2H3,(H,25,27). The Hall–Kier alpha value is -3.00. The molecule has 0 bridgehead atoms. The maximum absolute atomic E-state index is 13.0. The van der Waals surface area contributed by atoms with Gasteiger partial charge >= 0.3 is 0 Å². The number of nitrogens with one attached hydrogen (secondary N) is 1. The van der Waals surface area contributed by atoms with E-state index in [1.165, 1.54) is 12.1 Å². The predicted molar refractivity (Wildman–Crippen MR) is 120 cm³/mol. The van der Waals surface area contributed by atoms with Gasteiger partial charge in [-0.1, -0.05) is 18.9 Å². The van der Waals surface area contributed by atoms with Gasteiger partial charge in [0.2, 0.25) is 0 Å². The average molecular weight is 440 g/mol. The first-order valence-electron chi connectivity index (χ1n) is 10.4. The van der Waals surface area contributed by atoms with Crippen LogP contribution in [-0.4, -0.2) is 30.1 Å². The summed E-state index contributed by atoms with van der Waals surface area (Å²) in [5, 5.41) is 3.28. The Morgan fingerprint density at radius 3 is 2.61 bits per heavy atom. The van der Waals surface area contributed by atoms with Crippen LogP contribution < -0.4 is 10.9 Å². The number of aromatic nitrogens is 2. The number of aryl methyl sites for hydroxylation is 2. The van der Waals surface area contributed by atoms with E-state index < -0.39 is 9.84 Å². The van der Waals surface area contributed by atoms with Crippen LogP contribution in [0.2, 0.25) is 0 Å². The molecule has 0 fully saturated rings. The highest BCUT2D eigenvalue weighted by atomic mass is 32.2. The molecule has 2 aromatic carbocycles. The Morgan fingerprint density at radius 1 is 1.06 bits per heavy atom. The first-order valence-corrected chi connectivity index (χ1v) is 12.3. The molecular formula is C23H25N3O4S. The number of hydrogen-bond donors (Lipinski definition) is 1. The smallest absolute Gasteiger partial charge is 0.261 e. The number of benzene rings is 2. The number of hydrogen-bond acceptors (Lipinski definition) is 5. The van der Waals surface area contributed by atoms with Crippen LogP contribution in [-0.2, 0) is 22.8 Å². The number of amides is 1. The largest absolute Gasteiger partial charge is 0.322 e. The number of fused-ring (bicyclic) bond motifs is 2. The summed E-state index contributed by atoms with van der Waals surface area (Å²) >= 11 is 0. The molecule has 1 aliphatic heterocycles. The molecule has 31 heavy (non-hydrogen) atoms. The normalized spacial score (nSPS) is 14.5. The van der Waals surface area contributed by atoms with Gasteiger partial charge in [-0.05, 0) is 55.7 Å². The zero-order chi connectivity index (χ0) is 22.2. The molecule has 3 aromatic rings. The third kappa shape index (κ3) is 4.39. The van der Waals surface area contributed by atoms with Gasteiger partial charge in [-0.2, -0.15) is 0 Å². The van der Waals surface area contributed by atoms with Crippen molar-refractivity contribution < 1.29 is 13.2 Å². The Bertz CT molecular complexity index is 1340. The predicted octanol–water partition coefficient (Wildman–Crippen LogP) is 3.48. The Kier molecular flexibility index (Phi) is 5.66. The Balaban J connectivity index is 1.69. The molecule has 8 heteroatoms. The van der Waals surface area contributed by atoms with Crippen molar-refractivity contribution in [2.45, 2.75) is 50.5 Å². The molecular weight excluding hydrogens is 414 g/mol. The van der Waals surface area contributed by atoms with E-state index in [9.17, 15) is 18.0 Å². The lowest BCUT2D eigenvalue weighted by Gasteiger charge is -2.16. The molecule has 4 rings (SSSR count). The van der Waals surface area contributed by atoms with E-state index in [1.54, 1.807) is 35.8 Å². The number of rotatable bonds is 3. The van der Waals surface area contributed by atoms with Gasteiger partial charge in [0.15, 0.2) is 9.84 Å². The van der Waals surface area contributed by atoms with E-state index in [2.05, 4.69) is 5.32 Å². The minimum atomic E-state index is -3.39. The highest BCUT2D eigenvalue weighted by Crippen LogP contribution is 2.22. The van der Waals surface area contributed by atoms with Crippen LogP contribution in [0.3, 0.4) is 0 Å². The van der Waals surface area contributed by atoms with Crippen LogP contribution in [0.15, 0.2) is 46.1 Å². The second-order valence-corrected chi connectivity index (χ2v) is 10.1. The Morgan fingerprint density at radius 2 is 1.84 bits per heavy atom. The lowest BCUT2D eigenvalue weighted by molar-refractivity contribution is 0.102. The highest BCUT2D eigenvalue weighted by molar-refractivity contribution is 7.90. The molecule has 0 spiro atoms. The van der Waals surface area contributed by atoms with Crippen LogP contribution in [0, 0.1) is 6.92 Å². The zero-order valence-electron chi connectivity index (χ0n) is 17.6. The first-order chi connectivity index (χ1) is 14.7. The topological polar surface area (TPSA) is 98.1 Å². The SMILES string of the molecule is Cc1ccc(S(C)(=O)=O)cc1NC(=O)c1ccc2c(=O)n3c(nc2c1)CCCCCC3. The second-order valence-electron chi connectivity index (χ2n) is 8.08. The van der Waals surface area contributed by atoms with E-state index in [-0.39, 0.29) is 16.4 Å². The summed E-state index contributed by atoms with van der Waals surface area (Å²) in [7, 11) is -3.39. The second kappa shape index (κ2) is 8.26. The van der Waals surface area contributed by atoms with Gasteiger partial charge < -0.3 is 5.32 Å². The lowest BCUT2D eigenvalue weighted by atomic mass is 10.1. The van der Waals surface area contributed by atoms with E-state index in [0.717, 1.165) is 49.7 Å². The van der Waals surface area contributed by atoms with Crippen LogP contribution in [0.1, 0.15) is 47.4 Å². The van der Waals surface area contributed by atoms with Crippen LogP contribution in [0.25, 0.3) is 10.9 Å². The summed E-state index contributed by atoms with van der Waals surface area (Å²) in [6.07, 6.45) is 6.08. The van der Waals surface area contributed by atoms with Crippen molar-refractivity contribution in [1.29, 1.82) is 0 Å². The molecule has 0 unspecified atom stereocenters. The quantitative estimate of drug-likeness (QED) is 0.674. The molecule has 1 N–H and O–H groups in total. The van der Waals surface area contributed by atoms with E-state index in [0.29, 0.717) is 28.7 Å². The summed E-state index contributed by atoms with van der Waals surface area (Å²) in [4.78, 5) is 30.7. The number of anilines is 1. The summed E-state index contributed by atoms with van der Waals surface area (Å²) in [6, 6.07) is 9.50. The van der Waals surface area contributed by atoms with Gasteiger partial charge in [-0.15, -0.1) is 0 Å². The fourth-order valence-electron chi connectivity index (χ4n) is 3.90. The Labute approximate surface area is 181 Å².